The highest BCUT2D eigenvalue weighted by Gasteiger charge is 2.11. The Hall–Kier alpha value is -3.41. The Labute approximate surface area is 224 Å². The Morgan fingerprint density at radius 3 is 1.51 bits per heavy atom. The van der Waals surface area contributed by atoms with E-state index in [0.717, 1.165) is 50.7 Å². The van der Waals surface area contributed by atoms with Crippen LogP contribution < -0.4 is 0 Å². The first-order chi connectivity index (χ1) is 17.9. The van der Waals surface area contributed by atoms with E-state index >= 15 is 0 Å². The van der Waals surface area contributed by atoms with Crippen LogP contribution >= 0.6 is 0 Å². The van der Waals surface area contributed by atoms with E-state index in [2.05, 4.69) is 78.5 Å². The molecule has 0 spiro atoms. The zero-order chi connectivity index (χ0) is 27.6. The second-order valence-corrected chi connectivity index (χ2v) is 8.39. The third-order valence-electron chi connectivity index (χ3n) is 5.26. The molecule has 0 aliphatic heterocycles. The van der Waals surface area contributed by atoms with Gasteiger partial charge < -0.3 is 14.5 Å². The van der Waals surface area contributed by atoms with Gasteiger partial charge in [0.05, 0.1) is 7.11 Å². The topological polar surface area (TPSA) is 66.9 Å². The number of amides is 2. The number of likely N-dealkylation sites (N-methyl/N-ethyl adjacent to an activating group) is 2. The molecular formula is C31H46N2O4. The summed E-state index contributed by atoms with van der Waals surface area (Å²) in [5.74, 6) is -0.863. The lowest BCUT2D eigenvalue weighted by Crippen LogP contribution is -2.36. The van der Waals surface area contributed by atoms with E-state index in [1.165, 1.54) is 12.0 Å². The maximum atomic E-state index is 12.2. The van der Waals surface area contributed by atoms with E-state index in [9.17, 15) is 14.4 Å². The molecule has 204 valence electrons. The fourth-order valence-corrected chi connectivity index (χ4v) is 2.91. The molecule has 0 N–H and O–H groups in total. The molecule has 0 aromatic carbocycles. The molecule has 2 amide bonds. The number of carbonyl (C=O) groups excluding carboxylic acids is 3. The second kappa shape index (κ2) is 24.3. The first-order valence-corrected chi connectivity index (χ1v) is 13.1. The molecule has 0 aromatic heterocycles. The lowest BCUT2D eigenvalue weighted by Gasteiger charge is -2.21. The highest BCUT2D eigenvalue weighted by molar-refractivity contribution is 5.94. The van der Waals surface area contributed by atoms with Crippen molar-refractivity contribution in [2.45, 2.75) is 58.3 Å². The highest BCUT2D eigenvalue weighted by atomic mass is 16.5. The van der Waals surface area contributed by atoms with E-state index in [4.69, 9.17) is 0 Å². The van der Waals surface area contributed by atoms with Crippen LogP contribution in [0.5, 0.6) is 0 Å². The molecule has 0 heterocycles. The SMILES string of the molecule is CC/C=C\C/C=C\C/C=C\C/C=C\C/C=C\C/C=C\CCC(=O)N(C)CCN(C)C(=O)C=CC(=O)OC. The molecule has 0 radical (unpaired) electrons. The van der Waals surface area contributed by atoms with Crippen molar-refractivity contribution in [2.24, 2.45) is 0 Å². The molecule has 0 saturated heterocycles. The van der Waals surface area contributed by atoms with Crippen LogP contribution in [0.15, 0.2) is 85.1 Å². The minimum Gasteiger partial charge on any atom is -0.466 e. The number of esters is 1. The van der Waals surface area contributed by atoms with Crippen LogP contribution in [-0.2, 0) is 19.1 Å². The third-order valence-corrected chi connectivity index (χ3v) is 5.26. The maximum absolute atomic E-state index is 12.2. The van der Waals surface area contributed by atoms with Gasteiger partial charge in [-0.15, -0.1) is 0 Å². The minimum atomic E-state index is -0.580. The molecule has 37 heavy (non-hydrogen) atoms. The van der Waals surface area contributed by atoms with Crippen molar-refractivity contribution in [3.8, 4) is 0 Å². The zero-order valence-corrected chi connectivity index (χ0v) is 23.2. The van der Waals surface area contributed by atoms with Gasteiger partial charge in [-0.05, 0) is 44.9 Å². The van der Waals surface area contributed by atoms with Gasteiger partial charge in [-0.2, -0.15) is 0 Å². The van der Waals surface area contributed by atoms with E-state index in [-0.39, 0.29) is 11.8 Å². The van der Waals surface area contributed by atoms with Crippen molar-refractivity contribution in [2.75, 3.05) is 34.3 Å². The van der Waals surface area contributed by atoms with Crippen molar-refractivity contribution in [3.05, 3.63) is 85.1 Å². The molecule has 0 aliphatic rings. The molecular weight excluding hydrogens is 464 g/mol. The molecule has 0 atom stereocenters. The Kier molecular flexibility index (Phi) is 22.1. The fourth-order valence-electron chi connectivity index (χ4n) is 2.91. The number of hydrogen-bond donors (Lipinski definition) is 0. The van der Waals surface area contributed by atoms with Crippen LogP contribution in [0.4, 0.5) is 0 Å². The molecule has 0 aliphatic carbocycles. The molecule has 0 unspecified atom stereocenters. The summed E-state index contributed by atoms with van der Waals surface area (Å²) < 4.78 is 4.46. The van der Waals surface area contributed by atoms with Crippen molar-refractivity contribution in [3.63, 3.8) is 0 Å². The standard InChI is InChI=1S/C31H46N2O4/c1-5-6-7-8-9-10-11-12-13-14-15-16-17-18-19-20-21-22-23-24-29(34)32(2)27-28-33(3)30(35)25-26-31(36)37-4/h6-7,9-10,12-13,15-16,18-19,21-22,25-26H,5,8,11,14,17,20,23-24,27-28H2,1-4H3/b7-6-,10-9-,13-12-,16-15-,19-18-,22-21-,26-25?. The molecule has 0 bridgehead atoms. The monoisotopic (exact) mass is 510 g/mol. The van der Waals surface area contributed by atoms with Crippen molar-refractivity contribution in [1.82, 2.24) is 9.80 Å². The molecule has 6 heteroatoms. The predicted octanol–water partition coefficient (Wildman–Crippen LogP) is 6.11. The van der Waals surface area contributed by atoms with Crippen molar-refractivity contribution < 1.29 is 19.1 Å². The van der Waals surface area contributed by atoms with E-state index in [1.54, 1.807) is 19.0 Å². The van der Waals surface area contributed by atoms with Crippen molar-refractivity contribution in [1.29, 1.82) is 0 Å². The third kappa shape index (κ3) is 21.6. The van der Waals surface area contributed by atoms with Gasteiger partial charge in [0.2, 0.25) is 11.8 Å². The smallest absolute Gasteiger partial charge is 0.330 e. The Morgan fingerprint density at radius 2 is 1.05 bits per heavy atom. The average Bonchev–Trinajstić information content (AvgIpc) is 2.90. The first kappa shape index (κ1) is 33.6. The summed E-state index contributed by atoms with van der Waals surface area (Å²) in [5.41, 5.74) is 0. The number of ether oxygens (including phenoxy) is 1. The predicted molar refractivity (Wildman–Crippen MR) is 154 cm³/mol. The van der Waals surface area contributed by atoms with Gasteiger partial charge in [-0.25, -0.2) is 4.79 Å². The summed E-state index contributed by atoms with van der Waals surface area (Å²) in [6.07, 6.45) is 35.1. The van der Waals surface area contributed by atoms with Crippen LogP contribution in [-0.4, -0.2) is 61.9 Å². The van der Waals surface area contributed by atoms with Crippen LogP contribution in [0.2, 0.25) is 0 Å². The molecule has 0 saturated carbocycles. The van der Waals surface area contributed by atoms with E-state index in [0.29, 0.717) is 25.9 Å². The molecule has 0 rings (SSSR count). The molecule has 0 fully saturated rings. The van der Waals surface area contributed by atoms with Gasteiger partial charge in [-0.1, -0.05) is 79.8 Å². The van der Waals surface area contributed by atoms with Gasteiger partial charge in [-0.3, -0.25) is 9.59 Å². The summed E-state index contributed by atoms with van der Waals surface area (Å²) in [5, 5.41) is 0. The lowest BCUT2D eigenvalue weighted by molar-refractivity contribution is -0.135. The van der Waals surface area contributed by atoms with Gasteiger partial charge in [0.1, 0.15) is 0 Å². The van der Waals surface area contributed by atoms with Crippen LogP contribution in [0.1, 0.15) is 58.3 Å². The average molecular weight is 511 g/mol. The van der Waals surface area contributed by atoms with Gasteiger partial charge in [0.25, 0.3) is 0 Å². The lowest BCUT2D eigenvalue weighted by atomic mass is 10.2. The Balaban J connectivity index is 3.89. The number of carbonyl (C=O) groups is 3. The summed E-state index contributed by atoms with van der Waals surface area (Å²) in [6.45, 7) is 2.95. The minimum absolute atomic E-state index is 0.0329. The van der Waals surface area contributed by atoms with Gasteiger partial charge >= 0.3 is 5.97 Å². The Morgan fingerprint density at radius 1 is 0.622 bits per heavy atom. The largest absolute Gasteiger partial charge is 0.466 e. The zero-order valence-electron chi connectivity index (χ0n) is 23.2. The number of methoxy groups -OCH3 is 1. The van der Waals surface area contributed by atoms with Gasteiger partial charge in [0, 0.05) is 45.8 Å². The highest BCUT2D eigenvalue weighted by Crippen LogP contribution is 2.00. The second-order valence-electron chi connectivity index (χ2n) is 8.39. The summed E-state index contributed by atoms with van der Waals surface area (Å²) in [7, 11) is 4.60. The number of rotatable bonds is 19. The van der Waals surface area contributed by atoms with E-state index in [1.807, 2.05) is 6.08 Å². The first-order valence-electron chi connectivity index (χ1n) is 13.1. The Bertz CT molecular complexity index is 847. The van der Waals surface area contributed by atoms with Crippen LogP contribution in [0.3, 0.4) is 0 Å². The van der Waals surface area contributed by atoms with Crippen molar-refractivity contribution >= 4 is 17.8 Å². The summed E-state index contributed by atoms with van der Waals surface area (Å²) >= 11 is 0. The van der Waals surface area contributed by atoms with Gasteiger partial charge in [0.15, 0.2) is 0 Å². The maximum Gasteiger partial charge on any atom is 0.330 e. The number of allylic oxidation sites excluding steroid dienone is 12. The molecule has 6 nitrogen and oxygen atoms in total. The quantitative estimate of drug-likeness (QED) is 0.119. The van der Waals surface area contributed by atoms with Crippen LogP contribution in [0, 0.1) is 0 Å². The van der Waals surface area contributed by atoms with Crippen LogP contribution in [0.25, 0.3) is 0 Å². The number of nitrogens with zero attached hydrogens (tertiary/aromatic N) is 2. The van der Waals surface area contributed by atoms with E-state index < -0.39 is 5.97 Å². The summed E-state index contributed by atoms with van der Waals surface area (Å²) in [6, 6.07) is 0. The molecule has 0 aromatic rings. The fraction of sp³-hybridized carbons (Fsp3) is 0.452. The summed E-state index contributed by atoms with van der Waals surface area (Å²) in [4.78, 5) is 38.3. The normalized spacial score (nSPS) is 12.4. The number of hydrogen-bond acceptors (Lipinski definition) is 4.